The smallest absolute Gasteiger partial charge is 0.000102 e. The van der Waals surface area contributed by atoms with Crippen LogP contribution >= 0.6 is 0 Å². The monoisotopic (exact) mass is 243 g/mol. The predicted molar refractivity (Wildman–Crippen MR) is 83.6 cm³/mol. The molecule has 0 aliphatic heterocycles. The van der Waals surface area contributed by atoms with Crippen LogP contribution in [0, 0.1) is 11.8 Å². The highest BCUT2D eigenvalue weighted by atomic mass is 15.1. The van der Waals surface area contributed by atoms with Gasteiger partial charge in [0, 0.05) is 6.54 Å². The van der Waals surface area contributed by atoms with Crippen LogP contribution in [0.15, 0.2) is 12.7 Å². The first-order chi connectivity index (χ1) is 8.01. The third-order valence-corrected chi connectivity index (χ3v) is 2.57. The van der Waals surface area contributed by atoms with E-state index in [9.17, 15) is 0 Å². The Labute approximate surface area is 111 Å². The second-order valence-electron chi connectivity index (χ2n) is 4.69. The minimum absolute atomic E-state index is 0.852. The van der Waals surface area contributed by atoms with Crippen LogP contribution in [0.1, 0.15) is 60.8 Å². The van der Waals surface area contributed by atoms with Gasteiger partial charge in [0.15, 0.2) is 0 Å². The first kappa shape index (κ1) is 21.9. The minimum Gasteiger partial charge on any atom is -0.309 e. The molecule has 1 heteroatoms. The minimum atomic E-state index is 0.852. The van der Waals surface area contributed by atoms with E-state index in [1.165, 1.54) is 25.8 Å². The molecule has 0 aromatic rings. The summed E-state index contributed by atoms with van der Waals surface area (Å²) in [7, 11) is 4.31. The van der Waals surface area contributed by atoms with Crippen LogP contribution in [0.3, 0.4) is 0 Å². The van der Waals surface area contributed by atoms with Gasteiger partial charge >= 0.3 is 0 Å². The molecule has 0 N–H and O–H groups in total. The molecule has 0 radical (unpaired) electrons. The van der Waals surface area contributed by atoms with E-state index in [4.69, 9.17) is 0 Å². The second-order valence-corrected chi connectivity index (χ2v) is 4.69. The van der Waals surface area contributed by atoms with Gasteiger partial charge in [0.1, 0.15) is 0 Å². The summed E-state index contributed by atoms with van der Waals surface area (Å²) in [6.45, 7) is 17.4. The molecule has 106 valence electrons. The maximum Gasteiger partial charge on any atom is 0.000102 e. The summed E-state index contributed by atoms with van der Waals surface area (Å²) in [4.78, 5) is 2.28. The van der Waals surface area contributed by atoms with Crippen LogP contribution in [0.5, 0.6) is 0 Å². The van der Waals surface area contributed by atoms with Gasteiger partial charge in [-0.2, -0.15) is 0 Å². The molecule has 1 unspecified atom stereocenters. The Kier molecular flexibility index (Phi) is 23.3. The summed E-state index contributed by atoms with van der Waals surface area (Å²) in [5.41, 5.74) is 0. The largest absolute Gasteiger partial charge is 0.309 e. The van der Waals surface area contributed by atoms with Crippen molar-refractivity contribution in [3.05, 3.63) is 12.7 Å². The van der Waals surface area contributed by atoms with Crippen molar-refractivity contribution >= 4 is 0 Å². The number of hydrogen-bond acceptors (Lipinski definition) is 1. The highest BCUT2D eigenvalue weighted by molar-refractivity contribution is 4.62. The van der Waals surface area contributed by atoms with Crippen molar-refractivity contribution in [1.29, 1.82) is 0 Å². The van der Waals surface area contributed by atoms with E-state index in [1.54, 1.807) is 6.08 Å². The molecule has 0 aliphatic rings. The van der Waals surface area contributed by atoms with E-state index in [0.717, 1.165) is 11.8 Å². The van der Waals surface area contributed by atoms with Gasteiger partial charge in [-0.05, 0) is 39.3 Å². The van der Waals surface area contributed by atoms with Gasteiger partial charge < -0.3 is 4.90 Å². The Balaban J connectivity index is -0.000000337. The van der Waals surface area contributed by atoms with Crippen molar-refractivity contribution in [2.75, 3.05) is 20.6 Å². The molecule has 0 spiro atoms. The summed E-state index contributed by atoms with van der Waals surface area (Å²) < 4.78 is 0. The van der Waals surface area contributed by atoms with E-state index in [0.29, 0.717) is 0 Å². The molecule has 0 bridgehead atoms. The van der Waals surface area contributed by atoms with E-state index >= 15 is 0 Å². The third kappa shape index (κ3) is 21.5. The third-order valence-electron chi connectivity index (χ3n) is 2.57. The van der Waals surface area contributed by atoms with Gasteiger partial charge in [-0.25, -0.2) is 0 Å². The first-order valence-electron chi connectivity index (χ1n) is 7.23. The fourth-order valence-corrected chi connectivity index (χ4v) is 1.89. The van der Waals surface area contributed by atoms with E-state index in [-0.39, 0.29) is 0 Å². The van der Waals surface area contributed by atoms with E-state index in [2.05, 4.69) is 46.3 Å². The standard InChI is InChI=1S/C11H25N.C3H6.C2H6/c1-6-11(7-2)8-10(3)9-12(4)5;1-3-2;1-2/h10-11H,6-9H2,1-5H3;3H,1H2,2H3;1-2H3. The molecular weight excluding hydrogens is 206 g/mol. The van der Waals surface area contributed by atoms with Crippen molar-refractivity contribution in [3.8, 4) is 0 Å². The Bertz CT molecular complexity index is 125. The molecule has 0 amide bonds. The molecule has 0 aromatic heterocycles. The summed E-state index contributed by atoms with van der Waals surface area (Å²) in [5.74, 6) is 1.80. The lowest BCUT2D eigenvalue weighted by Gasteiger charge is -2.21. The molecule has 0 fully saturated rings. The Morgan fingerprint density at radius 2 is 1.47 bits per heavy atom. The molecule has 0 saturated heterocycles. The number of hydrogen-bond donors (Lipinski definition) is 0. The van der Waals surface area contributed by atoms with Gasteiger partial charge in [-0.15, -0.1) is 6.58 Å². The van der Waals surface area contributed by atoms with Crippen molar-refractivity contribution < 1.29 is 0 Å². The summed E-state index contributed by atoms with van der Waals surface area (Å²) in [5, 5.41) is 0. The number of rotatable bonds is 6. The fraction of sp³-hybridized carbons (Fsp3) is 0.875. The predicted octanol–water partition coefficient (Wildman–Crippen LogP) is 5.23. The normalized spacial score (nSPS) is 11.2. The highest BCUT2D eigenvalue weighted by Gasteiger charge is 2.09. The average molecular weight is 243 g/mol. The fourth-order valence-electron chi connectivity index (χ4n) is 1.89. The summed E-state index contributed by atoms with van der Waals surface area (Å²) in [6.07, 6.45) is 5.83. The first-order valence-corrected chi connectivity index (χ1v) is 7.23. The summed E-state index contributed by atoms with van der Waals surface area (Å²) in [6, 6.07) is 0. The molecule has 1 nitrogen and oxygen atoms in total. The molecule has 17 heavy (non-hydrogen) atoms. The Hall–Kier alpha value is -0.300. The van der Waals surface area contributed by atoms with Gasteiger partial charge in [0.2, 0.25) is 0 Å². The van der Waals surface area contributed by atoms with Crippen molar-refractivity contribution in [1.82, 2.24) is 4.90 Å². The lowest BCUT2D eigenvalue weighted by atomic mass is 9.91. The topological polar surface area (TPSA) is 3.24 Å². The zero-order valence-electron chi connectivity index (χ0n) is 13.7. The van der Waals surface area contributed by atoms with Crippen LogP contribution in [-0.2, 0) is 0 Å². The number of allylic oxidation sites excluding steroid dienone is 1. The van der Waals surface area contributed by atoms with Crippen LogP contribution in [0.2, 0.25) is 0 Å². The molecule has 1 atom stereocenters. The molecule has 0 heterocycles. The van der Waals surface area contributed by atoms with Gasteiger partial charge in [-0.3, -0.25) is 0 Å². The zero-order chi connectivity index (χ0) is 14.3. The van der Waals surface area contributed by atoms with Gasteiger partial charge in [0.05, 0.1) is 0 Å². The quantitative estimate of drug-likeness (QED) is 0.577. The lowest BCUT2D eigenvalue weighted by Crippen LogP contribution is -2.21. The molecular formula is C16H37N. The van der Waals surface area contributed by atoms with Crippen LogP contribution < -0.4 is 0 Å². The van der Waals surface area contributed by atoms with Crippen LogP contribution in [0.25, 0.3) is 0 Å². The molecule has 0 saturated carbocycles. The summed E-state index contributed by atoms with van der Waals surface area (Å²) >= 11 is 0. The SMILES string of the molecule is C=CC.CC.CCC(CC)CC(C)CN(C)C. The lowest BCUT2D eigenvalue weighted by molar-refractivity contribution is 0.286. The molecule has 0 aromatic carbocycles. The van der Waals surface area contributed by atoms with Gasteiger partial charge in [-0.1, -0.05) is 53.5 Å². The van der Waals surface area contributed by atoms with E-state index in [1.807, 2.05) is 20.8 Å². The van der Waals surface area contributed by atoms with Crippen molar-refractivity contribution in [3.63, 3.8) is 0 Å². The van der Waals surface area contributed by atoms with E-state index < -0.39 is 0 Å². The average Bonchev–Trinajstić information content (AvgIpc) is 2.28. The molecule has 0 rings (SSSR count). The zero-order valence-corrected chi connectivity index (χ0v) is 13.7. The number of nitrogens with zero attached hydrogens (tertiary/aromatic N) is 1. The maximum atomic E-state index is 3.36. The molecule has 0 aliphatic carbocycles. The Morgan fingerprint density at radius 3 is 1.71 bits per heavy atom. The van der Waals surface area contributed by atoms with Crippen LogP contribution in [-0.4, -0.2) is 25.5 Å². The second kappa shape index (κ2) is 18.1. The van der Waals surface area contributed by atoms with Gasteiger partial charge in [0.25, 0.3) is 0 Å². The maximum absolute atomic E-state index is 3.36. The van der Waals surface area contributed by atoms with Crippen molar-refractivity contribution in [2.24, 2.45) is 11.8 Å². The van der Waals surface area contributed by atoms with Crippen molar-refractivity contribution in [2.45, 2.75) is 60.8 Å². The van der Waals surface area contributed by atoms with Crippen LogP contribution in [0.4, 0.5) is 0 Å². The highest BCUT2D eigenvalue weighted by Crippen LogP contribution is 2.18. The Morgan fingerprint density at radius 1 is 1.12 bits per heavy atom.